The number of aliphatic hydroxyl groups is 1. The van der Waals surface area contributed by atoms with Gasteiger partial charge in [0.1, 0.15) is 24.4 Å². The van der Waals surface area contributed by atoms with Gasteiger partial charge in [-0.2, -0.15) is 0 Å². The Morgan fingerprint density at radius 2 is 1.60 bits per heavy atom. The van der Waals surface area contributed by atoms with E-state index in [0.29, 0.717) is 11.1 Å². The number of Topliss-reactive ketones (excluding diaryl/α,β-unsaturated/α-hetero) is 1. The summed E-state index contributed by atoms with van der Waals surface area (Å²) in [5.74, 6) is -5.11. The van der Waals surface area contributed by atoms with E-state index < -0.39 is 82.7 Å². The topological polar surface area (TPSA) is 155 Å². The van der Waals surface area contributed by atoms with Gasteiger partial charge in [0.2, 0.25) is 0 Å². The standard InChI is InChI=1S/C31H42O11/c1-10-14(2)28(37)41-25-22-21(29(22,9)13-38-18(6)32)24(39-19(7)33)17(5)26(36)30-12-16(4)27(40-20(8)34)31(30,42-30)11-15(3)23(25)35/h10-11,16-17,21-25,27,35H,12-13H2,1-9H3/b14-10+,15-11+/t16-,17+,21-,22+,23+,24-,25?,27-,29?,30-,31-/m0/s1. The number of aliphatic hydroxyl groups excluding tert-OH is 1. The van der Waals surface area contributed by atoms with Crippen molar-refractivity contribution >= 4 is 29.7 Å². The summed E-state index contributed by atoms with van der Waals surface area (Å²) in [4.78, 5) is 63.8. The molecule has 0 amide bonds. The van der Waals surface area contributed by atoms with Gasteiger partial charge in [0.05, 0.1) is 12.5 Å². The average molecular weight is 591 g/mol. The van der Waals surface area contributed by atoms with Crippen molar-refractivity contribution < 1.29 is 52.8 Å². The number of epoxide rings is 1. The van der Waals surface area contributed by atoms with E-state index in [9.17, 15) is 29.1 Å². The zero-order chi connectivity index (χ0) is 31.5. The number of allylic oxidation sites excluding steroid dienone is 1. The van der Waals surface area contributed by atoms with Crippen LogP contribution in [0.2, 0.25) is 0 Å². The highest BCUT2D eigenvalue weighted by atomic mass is 16.7. The van der Waals surface area contributed by atoms with Crippen LogP contribution in [0.4, 0.5) is 0 Å². The van der Waals surface area contributed by atoms with Crippen molar-refractivity contribution in [1.29, 1.82) is 0 Å². The number of carbonyl (C=O) groups excluding carboxylic acids is 5. The van der Waals surface area contributed by atoms with E-state index >= 15 is 0 Å². The van der Waals surface area contributed by atoms with Gasteiger partial charge in [-0.05, 0) is 44.8 Å². The second-order valence-corrected chi connectivity index (χ2v) is 12.7. The molecule has 2 unspecified atom stereocenters. The third-order valence-corrected chi connectivity index (χ3v) is 9.69. The summed E-state index contributed by atoms with van der Waals surface area (Å²) in [5.41, 5.74) is -2.97. The fraction of sp³-hybridized carbons (Fsp3) is 0.710. The van der Waals surface area contributed by atoms with Crippen LogP contribution in [0.5, 0.6) is 0 Å². The SMILES string of the molecule is C/C=C(\C)C(=O)OC1[C@H](O)/C(C)=C/[C@@]23O[C@@]2(C[C@H](C)[C@@H]3OC(C)=O)C(=O)[C@H](C)[C@H](OC(C)=O)[C@@H]2[C@H]1C2(C)COC(C)=O. The van der Waals surface area contributed by atoms with Crippen molar-refractivity contribution in [3.8, 4) is 0 Å². The summed E-state index contributed by atoms with van der Waals surface area (Å²) < 4.78 is 29.1. The van der Waals surface area contributed by atoms with Crippen molar-refractivity contribution in [3.05, 3.63) is 23.3 Å². The van der Waals surface area contributed by atoms with Gasteiger partial charge >= 0.3 is 23.9 Å². The normalized spacial score (nSPS) is 43.7. The van der Waals surface area contributed by atoms with Gasteiger partial charge < -0.3 is 28.8 Å². The summed E-state index contributed by atoms with van der Waals surface area (Å²) in [6.45, 7) is 13.9. The molecule has 42 heavy (non-hydrogen) atoms. The minimum atomic E-state index is -1.38. The molecule has 11 atom stereocenters. The fourth-order valence-electron chi connectivity index (χ4n) is 7.48. The van der Waals surface area contributed by atoms with Crippen LogP contribution in [-0.4, -0.2) is 77.0 Å². The maximum atomic E-state index is 14.4. The molecule has 4 rings (SSSR count). The van der Waals surface area contributed by atoms with Crippen molar-refractivity contribution in [1.82, 2.24) is 0 Å². The molecule has 232 valence electrons. The Morgan fingerprint density at radius 1 is 1.00 bits per heavy atom. The van der Waals surface area contributed by atoms with E-state index in [2.05, 4.69) is 0 Å². The van der Waals surface area contributed by atoms with E-state index in [-0.39, 0.29) is 24.7 Å². The molecule has 11 nitrogen and oxygen atoms in total. The molecule has 1 heterocycles. The molecule has 11 heteroatoms. The molecule has 2 saturated carbocycles. The van der Waals surface area contributed by atoms with Crippen molar-refractivity contribution in [2.75, 3.05) is 6.61 Å². The van der Waals surface area contributed by atoms with Gasteiger partial charge in [0, 0.05) is 43.6 Å². The predicted molar refractivity (Wildman–Crippen MR) is 146 cm³/mol. The van der Waals surface area contributed by atoms with Crippen LogP contribution in [0.25, 0.3) is 0 Å². The first-order chi connectivity index (χ1) is 19.5. The molecular formula is C31H42O11. The van der Waals surface area contributed by atoms with Crippen LogP contribution in [0.1, 0.15) is 68.7 Å². The van der Waals surface area contributed by atoms with Gasteiger partial charge in [-0.3, -0.25) is 19.2 Å². The molecular weight excluding hydrogens is 548 g/mol. The highest BCUT2D eigenvalue weighted by Gasteiger charge is 2.84. The minimum Gasteiger partial charge on any atom is -0.465 e. The van der Waals surface area contributed by atoms with E-state index in [1.54, 1.807) is 46.8 Å². The van der Waals surface area contributed by atoms with E-state index in [1.807, 2.05) is 6.92 Å². The molecule has 0 bridgehead atoms. The van der Waals surface area contributed by atoms with Crippen LogP contribution in [0.3, 0.4) is 0 Å². The lowest BCUT2D eigenvalue weighted by Gasteiger charge is -2.28. The molecule has 0 spiro atoms. The van der Waals surface area contributed by atoms with Crippen molar-refractivity contribution in [3.63, 3.8) is 0 Å². The minimum absolute atomic E-state index is 0.111. The maximum absolute atomic E-state index is 14.4. The van der Waals surface area contributed by atoms with E-state index in [1.165, 1.54) is 20.8 Å². The number of hydrogen-bond acceptors (Lipinski definition) is 11. The number of rotatable bonds is 6. The Kier molecular flexibility index (Phi) is 8.27. The predicted octanol–water partition coefficient (Wildman–Crippen LogP) is 2.62. The first-order valence-corrected chi connectivity index (χ1v) is 14.4. The Morgan fingerprint density at radius 3 is 2.14 bits per heavy atom. The van der Waals surface area contributed by atoms with Gasteiger partial charge in [0.25, 0.3) is 0 Å². The molecule has 4 aliphatic rings. The molecule has 1 N–H and O–H groups in total. The second-order valence-electron chi connectivity index (χ2n) is 12.7. The molecule has 0 aromatic rings. The molecule has 3 aliphatic carbocycles. The van der Waals surface area contributed by atoms with Crippen molar-refractivity contribution in [2.24, 2.45) is 29.1 Å². The Bertz CT molecular complexity index is 1250. The fourth-order valence-corrected chi connectivity index (χ4v) is 7.48. The summed E-state index contributed by atoms with van der Waals surface area (Å²) in [6, 6.07) is 0. The summed E-state index contributed by atoms with van der Waals surface area (Å²) >= 11 is 0. The second kappa shape index (κ2) is 10.9. The van der Waals surface area contributed by atoms with Gasteiger partial charge in [-0.15, -0.1) is 0 Å². The zero-order valence-electron chi connectivity index (χ0n) is 25.7. The van der Waals surface area contributed by atoms with Crippen LogP contribution in [0, 0.1) is 29.1 Å². The van der Waals surface area contributed by atoms with E-state index in [0.717, 1.165) is 0 Å². The van der Waals surface area contributed by atoms with Crippen LogP contribution in [-0.2, 0) is 47.7 Å². The molecule has 0 aromatic heterocycles. The van der Waals surface area contributed by atoms with Crippen LogP contribution >= 0.6 is 0 Å². The maximum Gasteiger partial charge on any atom is 0.333 e. The number of ketones is 1. The Hall–Kier alpha value is -3.05. The van der Waals surface area contributed by atoms with Crippen LogP contribution < -0.4 is 0 Å². The lowest BCUT2D eigenvalue weighted by Crippen LogP contribution is -2.43. The molecule has 1 aliphatic heterocycles. The first kappa shape index (κ1) is 31.9. The third-order valence-electron chi connectivity index (χ3n) is 9.69. The lowest BCUT2D eigenvalue weighted by atomic mass is 9.80. The molecule has 0 aromatic carbocycles. The highest BCUT2D eigenvalue weighted by molar-refractivity contribution is 5.96. The number of carbonyl (C=O) groups is 5. The number of fused-ring (bicyclic) bond motifs is 1. The first-order valence-electron chi connectivity index (χ1n) is 14.4. The largest absolute Gasteiger partial charge is 0.465 e. The smallest absolute Gasteiger partial charge is 0.333 e. The quantitative estimate of drug-likeness (QED) is 0.160. The monoisotopic (exact) mass is 590 g/mol. The molecule has 1 saturated heterocycles. The van der Waals surface area contributed by atoms with E-state index in [4.69, 9.17) is 23.7 Å². The summed E-state index contributed by atoms with van der Waals surface area (Å²) in [5, 5.41) is 11.8. The van der Waals surface area contributed by atoms with Gasteiger partial charge in [-0.25, -0.2) is 4.79 Å². The van der Waals surface area contributed by atoms with Gasteiger partial charge in [0.15, 0.2) is 17.0 Å². The Labute approximate surface area is 245 Å². The number of esters is 4. The lowest BCUT2D eigenvalue weighted by molar-refractivity contribution is -0.157. The number of hydrogen-bond donors (Lipinski definition) is 1. The Balaban J connectivity index is 1.91. The van der Waals surface area contributed by atoms with Gasteiger partial charge in [-0.1, -0.05) is 26.8 Å². The summed E-state index contributed by atoms with van der Waals surface area (Å²) in [7, 11) is 0. The summed E-state index contributed by atoms with van der Waals surface area (Å²) in [6.07, 6.45) is -0.915. The third kappa shape index (κ3) is 4.98. The molecule has 3 fully saturated rings. The number of ether oxygens (including phenoxy) is 5. The molecule has 0 radical (unpaired) electrons. The van der Waals surface area contributed by atoms with Crippen molar-refractivity contribution in [2.45, 2.75) is 104 Å². The highest BCUT2D eigenvalue weighted by Crippen LogP contribution is 2.69. The van der Waals surface area contributed by atoms with Crippen LogP contribution in [0.15, 0.2) is 23.3 Å². The zero-order valence-corrected chi connectivity index (χ0v) is 25.7. The average Bonchev–Trinajstić information content (AvgIpc) is 3.72.